The van der Waals surface area contributed by atoms with E-state index in [1.54, 1.807) is 11.3 Å². The van der Waals surface area contributed by atoms with Crippen LogP contribution in [0.15, 0.2) is 5.51 Å². The summed E-state index contributed by atoms with van der Waals surface area (Å²) in [5.74, 6) is -0.239. The van der Waals surface area contributed by atoms with Crippen LogP contribution in [0.3, 0.4) is 0 Å². The van der Waals surface area contributed by atoms with Crippen LogP contribution in [-0.4, -0.2) is 34.9 Å². The normalized spacial score (nSPS) is 19.8. The number of hydrogen-bond donors (Lipinski definition) is 1. The van der Waals surface area contributed by atoms with E-state index in [2.05, 4.69) is 16.8 Å². The molecule has 0 fully saturated rings. The summed E-state index contributed by atoms with van der Waals surface area (Å²) < 4.78 is 0. The van der Waals surface area contributed by atoms with Gasteiger partial charge in [-0.3, -0.25) is 9.69 Å². The van der Waals surface area contributed by atoms with Gasteiger partial charge in [0, 0.05) is 10.9 Å². The first kappa shape index (κ1) is 11.5. The second-order valence-corrected chi connectivity index (χ2v) is 5.09. The topological polar surface area (TPSA) is 59.2 Å². The molecule has 0 saturated heterocycles. The maximum absolute atomic E-state index is 11.0. The Balaban J connectivity index is 2.03. The third-order valence-corrected chi connectivity index (χ3v) is 4.04. The molecule has 0 radical (unpaired) electrons. The number of nitrogens with zero attached hydrogens (tertiary/aromatic N) is 2. The molecule has 0 saturated carbocycles. The highest BCUT2D eigenvalue weighted by atomic mass is 32.1. The van der Waals surface area contributed by atoms with Gasteiger partial charge in [-0.1, -0.05) is 6.92 Å². The molecule has 1 atom stereocenters. The number of thiazole rings is 1. The Morgan fingerprint density at radius 2 is 2.56 bits per heavy atom. The number of primary amides is 1. The molecule has 5 heteroatoms. The van der Waals surface area contributed by atoms with Crippen LogP contribution in [0.1, 0.15) is 23.9 Å². The third-order valence-electron chi connectivity index (χ3n) is 3.14. The number of carbonyl (C=O) groups is 1. The number of rotatable bonds is 4. The summed E-state index contributed by atoms with van der Waals surface area (Å²) in [5.41, 5.74) is 8.42. The highest BCUT2D eigenvalue weighted by molar-refractivity contribution is 7.09. The van der Waals surface area contributed by atoms with E-state index in [1.807, 2.05) is 5.51 Å². The van der Waals surface area contributed by atoms with Gasteiger partial charge < -0.3 is 5.73 Å². The first-order valence-electron chi connectivity index (χ1n) is 5.64. The molecule has 1 aromatic heterocycles. The summed E-state index contributed by atoms with van der Waals surface area (Å²) in [6.07, 6.45) is 3.12. The fourth-order valence-corrected chi connectivity index (χ4v) is 3.18. The van der Waals surface area contributed by atoms with Crippen LogP contribution < -0.4 is 5.73 Å². The zero-order valence-corrected chi connectivity index (χ0v) is 10.3. The Morgan fingerprint density at radius 3 is 3.25 bits per heavy atom. The second-order valence-electron chi connectivity index (χ2n) is 4.15. The van der Waals surface area contributed by atoms with Crippen molar-refractivity contribution < 1.29 is 4.79 Å². The minimum absolute atomic E-state index is 0.239. The SMILES string of the molecule is CCN(CC(N)=O)C1CCc2ncsc2C1. The lowest BCUT2D eigenvalue weighted by atomic mass is 9.96. The molecular weight excluding hydrogens is 222 g/mol. The Hall–Kier alpha value is -0.940. The number of aryl methyl sites for hydroxylation is 1. The van der Waals surface area contributed by atoms with Gasteiger partial charge in [0.15, 0.2) is 0 Å². The quantitative estimate of drug-likeness (QED) is 0.845. The van der Waals surface area contributed by atoms with Crippen molar-refractivity contribution in [1.82, 2.24) is 9.88 Å². The molecule has 0 bridgehead atoms. The highest BCUT2D eigenvalue weighted by Gasteiger charge is 2.25. The number of nitrogens with two attached hydrogens (primary N) is 1. The van der Waals surface area contributed by atoms with Crippen molar-refractivity contribution in [3.05, 3.63) is 16.1 Å². The van der Waals surface area contributed by atoms with E-state index in [1.165, 1.54) is 10.6 Å². The number of fused-ring (bicyclic) bond motifs is 1. The molecule has 1 aliphatic carbocycles. The van der Waals surface area contributed by atoms with Crippen LogP contribution in [0, 0.1) is 0 Å². The summed E-state index contributed by atoms with van der Waals surface area (Å²) >= 11 is 1.72. The number of amides is 1. The Labute approximate surface area is 99.5 Å². The van der Waals surface area contributed by atoms with Gasteiger partial charge in [0.25, 0.3) is 0 Å². The van der Waals surface area contributed by atoms with Crippen molar-refractivity contribution in [3.8, 4) is 0 Å². The maximum atomic E-state index is 11.0. The molecule has 1 aliphatic rings. The zero-order valence-electron chi connectivity index (χ0n) is 9.48. The van der Waals surface area contributed by atoms with Gasteiger partial charge in [-0.25, -0.2) is 4.98 Å². The van der Waals surface area contributed by atoms with Gasteiger partial charge in [-0.15, -0.1) is 11.3 Å². The molecule has 1 aromatic rings. The number of carbonyl (C=O) groups excluding carboxylic acids is 1. The molecule has 0 aliphatic heterocycles. The Morgan fingerprint density at radius 1 is 1.75 bits per heavy atom. The van der Waals surface area contributed by atoms with Crippen LogP contribution in [0.25, 0.3) is 0 Å². The summed E-state index contributed by atoms with van der Waals surface area (Å²) in [6.45, 7) is 3.32. The molecule has 1 heterocycles. The van der Waals surface area contributed by atoms with Crippen LogP contribution in [-0.2, 0) is 17.6 Å². The van der Waals surface area contributed by atoms with Crippen molar-refractivity contribution in [3.63, 3.8) is 0 Å². The lowest BCUT2D eigenvalue weighted by Gasteiger charge is -2.32. The number of aromatic nitrogens is 1. The number of hydrogen-bond acceptors (Lipinski definition) is 4. The van der Waals surface area contributed by atoms with E-state index in [9.17, 15) is 4.79 Å². The first-order chi connectivity index (χ1) is 7.70. The largest absolute Gasteiger partial charge is 0.369 e. The van der Waals surface area contributed by atoms with Crippen LogP contribution in [0.5, 0.6) is 0 Å². The number of likely N-dealkylation sites (N-methyl/N-ethyl adjacent to an activating group) is 1. The maximum Gasteiger partial charge on any atom is 0.231 e. The fourth-order valence-electron chi connectivity index (χ4n) is 2.29. The molecule has 2 N–H and O–H groups in total. The molecule has 1 amide bonds. The first-order valence-corrected chi connectivity index (χ1v) is 6.52. The molecule has 2 rings (SSSR count). The van der Waals surface area contributed by atoms with E-state index in [4.69, 9.17) is 5.73 Å². The standard InChI is InChI=1S/C11H17N3OS/c1-2-14(6-11(12)15)8-3-4-9-10(5-8)16-7-13-9/h7-8H,2-6H2,1H3,(H2,12,15). The van der Waals surface area contributed by atoms with Gasteiger partial charge in [-0.05, 0) is 25.8 Å². The lowest BCUT2D eigenvalue weighted by molar-refractivity contribution is -0.119. The highest BCUT2D eigenvalue weighted by Crippen LogP contribution is 2.26. The predicted molar refractivity (Wildman–Crippen MR) is 64.4 cm³/mol. The van der Waals surface area contributed by atoms with Crippen LogP contribution in [0.2, 0.25) is 0 Å². The van der Waals surface area contributed by atoms with Gasteiger partial charge in [-0.2, -0.15) is 0 Å². The van der Waals surface area contributed by atoms with Gasteiger partial charge in [0.1, 0.15) is 0 Å². The van der Waals surface area contributed by atoms with Crippen molar-refractivity contribution in [1.29, 1.82) is 0 Å². The summed E-state index contributed by atoms with van der Waals surface area (Å²) in [7, 11) is 0. The van der Waals surface area contributed by atoms with Gasteiger partial charge >= 0.3 is 0 Å². The molecule has 0 aromatic carbocycles. The lowest BCUT2D eigenvalue weighted by Crippen LogP contribution is -2.43. The molecule has 16 heavy (non-hydrogen) atoms. The zero-order chi connectivity index (χ0) is 11.5. The van der Waals surface area contributed by atoms with Gasteiger partial charge in [0.2, 0.25) is 5.91 Å². The Bertz CT molecular complexity index is 377. The monoisotopic (exact) mass is 239 g/mol. The molecular formula is C11H17N3OS. The van der Waals surface area contributed by atoms with E-state index in [0.717, 1.165) is 25.8 Å². The third kappa shape index (κ3) is 2.41. The summed E-state index contributed by atoms with van der Waals surface area (Å²) in [5, 5.41) is 0. The molecule has 4 nitrogen and oxygen atoms in total. The van der Waals surface area contributed by atoms with E-state index >= 15 is 0 Å². The second kappa shape index (κ2) is 4.93. The van der Waals surface area contributed by atoms with E-state index in [-0.39, 0.29) is 5.91 Å². The Kier molecular flexibility index (Phi) is 3.56. The predicted octanol–water partition coefficient (Wildman–Crippen LogP) is 0.808. The van der Waals surface area contributed by atoms with Gasteiger partial charge in [0.05, 0.1) is 17.7 Å². The van der Waals surface area contributed by atoms with Crippen molar-refractivity contribution in [2.24, 2.45) is 5.73 Å². The average molecular weight is 239 g/mol. The van der Waals surface area contributed by atoms with E-state index < -0.39 is 0 Å². The smallest absolute Gasteiger partial charge is 0.231 e. The average Bonchev–Trinajstić information content (AvgIpc) is 2.72. The molecule has 0 spiro atoms. The van der Waals surface area contributed by atoms with E-state index in [0.29, 0.717) is 12.6 Å². The van der Waals surface area contributed by atoms with Crippen LogP contribution in [0.4, 0.5) is 0 Å². The molecule has 1 unspecified atom stereocenters. The van der Waals surface area contributed by atoms with Crippen molar-refractivity contribution >= 4 is 17.2 Å². The van der Waals surface area contributed by atoms with Crippen LogP contribution >= 0.6 is 11.3 Å². The fraction of sp³-hybridized carbons (Fsp3) is 0.636. The van der Waals surface area contributed by atoms with Crippen molar-refractivity contribution in [2.75, 3.05) is 13.1 Å². The molecule has 88 valence electrons. The summed E-state index contributed by atoms with van der Waals surface area (Å²) in [6, 6.07) is 0.449. The van der Waals surface area contributed by atoms with Crippen molar-refractivity contribution in [2.45, 2.75) is 32.2 Å². The minimum atomic E-state index is -0.239. The summed E-state index contributed by atoms with van der Waals surface area (Å²) in [4.78, 5) is 18.9. The minimum Gasteiger partial charge on any atom is -0.369 e.